The smallest absolute Gasteiger partial charge is 0.128 e. The second-order valence-corrected chi connectivity index (χ2v) is 4.68. The van der Waals surface area contributed by atoms with Gasteiger partial charge >= 0.3 is 0 Å². The molecule has 0 spiro atoms. The average molecular weight is 301 g/mol. The van der Waals surface area contributed by atoms with E-state index in [1.165, 1.54) is 6.07 Å². The summed E-state index contributed by atoms with van der Waals surface area (Å²) in [5.74, 6) is -0.220. The minimum absolute atomic E-state index is 0.141. The van der Waals surface area contributed by atoms with E-state index < -0.39 is 0 Å². The van der Waals surface area contributed by atoms with Crippen LogP contribution < -0.4 is 11.1 Å². The van der Waals surface area contributed by atoms with E-state index in [1.54, 1.807) is 12.1 Å². The fourth-order valence-corrected chi connectivity index (χ4v) is 1.99. The number of nitrogens with one attached hydrogen (secondary N) is 1. The summed E-state index contributed by atoms with van der Waals surface area (Å²) in [6.07, 6.45) is 4.99. The number of nitrogens with two attached hydrogens (primary N) is 1. The largest absolute Gasteiger partial charge is 0.329 e. The van der Waals surface area contributed by atoms with Gasteiger partial charge in [0.05, 0.1) is 0 Å². The van der Waals surface area contributed by atoms with Gasteiger partial charge in [0.15, 0.2) is 0 Å². The molecule has 0 saturated carbocycles. The molecule has 2 nitrogen and oxygen atoms in total. The number of hydrogen-bond donors (Lipinski definition) is 2. The number of hydrogen-bond acceptors (Lipinski definition) is 2. The molecule has 4 heteroatoms. The zero-order valence-corrected chi connectivity index (χ0v) is 11.5. The van der Waals surface area contributed by atoms with E-state index in [4.69, 9.17) is 5.73 Å². The summed E-state index contributed by atoms with van der Waals surface area (Å²) in [6.45, 7) is 3.15. The van der Waals surface area contributed by atoms with Crippen LogP contribution in [0, 0.1) is 5.82 Å². The first kappa shape index (κ1) is 14.4. The van der Waals surface area contributed by atoms with Gasteiger partial charge < -0.3 is 11.1 Å². The highest BCUT2D eigenvalue weighted by molar-refractivity contribution is 9.10. The van der Waals surface area contributed by atoms with E-state index >= 15 is 0 Å². The maximum absolute atomic E-state index is 13.7. The summed E-state index contributed by atoms with van der Waals surface area (Å²) >= 11 is 3.34. The quantitative estimate of drug-likeness (QED) is 0.626. The molecule has 0 aliphatic rings. The van der Waals surface area contributed by atoms with Crippen LogP contribution in [-0.2, 0) is 0 Å². The molecule has 0 aromatic heterocycles. The van der Waals surface area contributed by atoms with Gasteiger partial charge in [0.2, 0.25) is 0 Å². The van der Waals surface area contributed by atoms with Crippen LogP contribution >= 0.6 is 15.9 Å². The monoisotopic (exact) mass is 300 g/mol. The lowest BCUT2D eigenvalue weighted by atomic mass is 10.1. The van der Waals surface area contributed by atoms with Crippen LogP contribution in [0.3, 0.4) is 0 Å². The standard InChI is InChI=1S/C13H18BrFN2/c1-2-3-4-7-17-13(9-16)11-8-10(14)5-6-12(11)15/h2-3,5-6,8,13,17H,4,7,9,16H2,1H3/b3-2+. The lowest BCUT2D eigenvalue weighted by Gasteiger charge is -2.17. The van der Waals surface area contributed by atoms with Gasteiger partial charge in [0.25, 0.3) is 0 Å². The van der Waals surface area contributed by atoms with Crippen LogP contribution in [0.25, 0.3) is 0 Å². The average Bonchev–Trinajstić information content (AvgIpc) is 2.33. The zero-order chi connectivity index (χ0) is 12.7. The van der Waals surface area contributed by atoms with Crippen molar-refractivity contribution in [3.63, 3.8) is 0 Å². The van der Waals surface area contributed by atoms with E-state index in [1.807, 2.05) is 13.0 Å². The van der Waals surface area contributed by atoms with Gasteiger partial charge in [-0.3, -0.25) is 0 Å². The van der Waals surface area contributed by atoms with Gasteiger partial charge in [-0.2, -0.15) is 0 Å². The van der Waals surface area contributed by atoms with Crippen LogP contribution in [0.15, 0.2) is 34.8 Å². The normalized spacial score (nSPS) is 13.2. The maximum Gasteiger partial charge on any atom is 0.128 e. The topological polar surface area (TPSA) is 38.0 Å². The Morgan fingerprint density at radius 2 is 2.29 bits per heavy atom. The van der Waals surface area contributed by atoms with Crippen molar-refractivity contribution < 1.29 is 4.39 Å². The number of rotatable bonds is 6. The minimum atomic E-state index is -0.220. The number of benzene rings is 1. The summed E-state index contributed by atoms with van der Waals surface area (Å²) in [7, 11) is 0. The molecule has 94 valence electrons. The Kier molecular flexibility index (Phi) is 6.40. The van der Waals surface area contributed by atoms with Gasteiger partial charge in [0, 0.05) is 22.6 Å². The second-order valence-electron chi connectivity index (χ2n) is 3.77. The molecule has 0 saturated heterocycles. The summed E-state index contributed by atoms with van der Waals surface area (Å²) in [5, 5.41) is 3.25. The van der Waals surface area contributed by atoms with Crippen molar-refractivity contribution in [3.8, 4) is 0 Å². The summed E-state index contributed by atoms with van der Waals surface area (Å²) in [6, 6.07) is 4.77. The number of allylic oxidation sites excluding steroid dienone is 1. The van der Waals surface area contributed by atoms with Crippen molar-refractivity contribution >= 4 is 15.9 Å². The first-order valence-corrected chi connectivity index (χ1v) is 6.48. The Morgan fingerprint density at radius 1 is 1.53 bits per heavy atom. The second kappa shape index (κ2) is 7.58. The Labute approximate surface area is 110 Å². The van der Waals surface area contributed by atoms with Crippen LogP contribution in [0.4, 0.5) is 4.39 Å². The zero-order valence-electron chi connectivity index (χ0n) is 9.92. The van der Waals surface area contributed by atoms with Crippen LogP contribution in [0.5, 0.6) is 0 Å². The lowest BCUT2D eigenvalue weighted by Crippen LogP contribution is -2.29. The summed E-state index contributed by atoms with van der Waals surface area (Å²) in [5.41, 5.74) is 6.29. The first-order valence-electron chi connectivity index (χ1n) is 5.68. The SMILES string of the molecule is C/C=C/CCNC(CN)c1cc(Br)ccc1F. The molecule has 1 aromatic rings. The van der Waals surface area contributed by atoms with Crippen molar-refractivity contribution in [3.05, 3.63) is 46.2 Å². The van der Waals surface area contributed by atoms with Gasteiger partial charge in [-0.05, 0) is 38.1 Å². The van der Waals surface area contributed by atoms with E-state index in [2.05, 4.69) is 27.3 Å². The van der Waals surface area contributed by atoms with E-state index in [9.17, 15) is 4.39 Å². The maximum atomic E-state index is 13.7. The fourth-order valence-electron chi connectivity index (χ4n) is 1.61. The van der Waals surface area contributed by atoms with E-state index in [0.29, 0.717) is 12.1 Å². The molecule has 0 radical (unpaired) electrons. The van der Waals surface area contributed by atoms with Crippen LogP contribution in [0.1, 0.15) is 24.9 Å². The van der Waals surface area contributed by atoms with Crippen molar-refractivity contribution in [2.24, 2.45) is 5.73 Å². The molecule has 0 aliphatic heterocycles. The third kappa shape index (κ3) is 4.58. The predicted molar refractivity (Wildman–Crippen MR) is 73.3 cm³/mol. The fraction of sp³-hybridized carbons (Fsp3) is 0.385. The van der Waals surface area contributed by atoms with Gasteiger partial charge in [-0.15, -0.1) is 0 Å². The molecule has 1 unspecified atom stereocenters. The molecule has 0 fully saturated rings. The molecular formula is C13H18BrFN2. The van der Waals surface area contributed by atoms with Gasteiger partial charge in [0.1, 0.15) is 5.82 Å². The van der Waals surface area contributed by atoms with Gasteiger partial charge in [-0.25, -0.2) is 4.39 Å². The summed E-state index contributed by atoms with van der Waals surface area (Å²) in [4.78, 5) is 0. The highest BCUT2D eigenvalue weighted by atomic mass is 79.9. The van der Waals surface area contributed by atoms with Crippen LogP contribution in [0.2, 0.25) is 0 Å². The predicted octanol–water partition coefficient (Wildman–Crippen LogP) is 3.14. The molecule has 0 heterocycles. The minimum Gasteiger partial charge on any atom is -0.329 e. The molecule has 0 aliphatic carbocycles. The molecule has 0 amide bonds. The first-order chi connectivity index (χ1) is 8.19. The third-order valence-electron chi connectivity index (χ3n) is 2.51. The molecule has 1 rings (SSSR count). The van der Waals surface area contributed by atoms with Crippen LogP contribution in [-0.4, -0.2) is 13.1 Å². The molecule has 3 N–H and O–H groups in total. The summed E-state index contributed by atoms with van der Waals surface area (Å²) < 4.78 is 14.5. The van der Waals surface area contributed by atoms with E-state index in [0.717, 1.165) is 17.4 Å². The Morgan fingerprint density at radius 3 is 2.94 bits per heavy atom. The highest BCUT2D eigenvalue weighted by Gasteiger charge is 2.13. The molecule has 17 heavy (non-hydrogen) atoms. The molecule has 0 bridgehead atoms. The van der Waals surface area contributed by atoms with E-state index in [-0.39, 0.29) is 11.9 Å². The Hall–Kier alpha value is -0.710. The molecule has 1 atom stereocenters. The number of halogens is 2. The van der Waals surface area contributed by atoms with Crippen molar-refractivity contribution in [1.29, 1.82) is 0 Å². The Balaban J connectivity index is 2.68. The highest BCUT2D eigenvalue weighted by Crippen LogP contribution is 2.21. The molecule has 1 aromatic carbocycles. The van der Waals surface area contributed by atoms with Crippen molar-refractivity contribution in [2.75, 3.05) is 13.1 Å². The molecular weight excluding hydrogens is 283 g/mol. The third-order valence-corrected chi connectivity index (χ3v) is 3.00. The van der Waals surface area contributed by atoms with Crippen molar-refractivity contribution in [2.45, 2.75) is 19.4 Å². The van der Waals surface area contributed by atoms with Crippen molar-refractivity contribution in [1.82, 2.24) is 5.32 Å². The Bertz CT molecular complexity index is 380. The van der Waals surface area contributed by atoms with Gasteiger partial charge in [-0.1, -0.05) is 28.1 Å². The lowest BCUT2D eigenvalue weighted by molar-refractivity contribution is 0.510.